The van der Waals surface area contributed by atoms with E-state index in [4.69, 9.17) is 5.73 Å². The van der Waals surface area contributed by atoms with Crippen LogP contribution in [0.1, 0.15) is 0 Å². The lowest BCUT2D eigenvalue weighted by Gasteiger charge is -2.02. The maximum absolute atomic E-state index is 10.5. The molecule has 0 aromatic carbocycles. The average Bonchev–Trinajstić information content (AvgIpc) is 2.73. The molecule has 2 aromatic rings. The van der Waals surface area contributed by atoms with Gasteiger partial charge in [-0.15, -0.1) is 0 Å². The van der Waals surface area contributed by atoms with Crippen molar-refractivity contribution in [3.63, 3.8) is 0 Å². The molecule has 0 saturated carbocycles. The summed E-state index contributed by atoms with van der Waals surface area (Å²) in [5.41, 5.74) is 6.13. The predicted octanol–water partition coefficient (Wildman–Crippen LogP) is -0.985. The van der Waals surface area contributed by atoms with Crippen LogP contribution in [0.3, 0.4) is 0 Å². The number of anilines is 1. The third kappa shape index (κ3) is 3.42. The van der Waals surface area contributed by atoms with E-state index in [0.29, 0.717) is 5.01 Å². The second-order valence-corrected chi connectivity index (χ2v) is 5.67. The van der Waals surface area contributed by atoms with Crippen LogP contribution in [0.5, 0.6) is 0 Å². The van der Waals surface area contributed by atoms with Crippen molar-refractivity contribution in [3.8, 4) is 10.6 Å². The zero-order valence-corrected chi connectivity index (χ0v) is 10.7. The van der Waals surface area contributed by atoms with E-state index in [0.717, 1.165) is 17.1 Å². The summed E-state index contributed by atoms with van der Waals surface area (Å²) in [6, 6.07) is 1.70. The number of hydrogen-bond donors (Lipinski definition) is 1. The van der Waals surface area contributed by atoms with Crippen LogP contribution in [-0.2, 0) is 16.7 Å². The Kier molecular flexibility index (Phi) is 3.50. The molecule has 10 heteroatoms. The van der Waals surface area contributed by atoms with Gasteiger partial charge in [0.05, 0.1) is 5.75 Å². The lowest BCUT2D eigenvalue weighted by molar-refractivity contribution is -0.750. The van der Waals surface area contributed by atoms with E-state index in [1.54, 1.807) is 12.3 Å². The highest BCUT2D eigenvalue weighted by Gasteiger charge is 2.09. The first kappa shape index (κ1) is 12.8. The standard InChI is InChI=1S/C8H9N5O3S2/c9-8-11-7(17-12-8)6-1-2-13(10-5-6)3-4-18(14,15)16/h1-2,5H,3-4H2,(H2-,9,12,14,15,16). The maximum atomic E-state index is 10.5. The van der Waals surface area contributed by atoms with E-state index in [1.807, 2.05) is 0 Å². The second kappa shape index (κ2) is 4.92. The molecule has 2 rings (SSSR count). The highest BCUT2D eigenvalue weighted by Crippen LogP contribution is 2.19. The Bertz CT molecular complexity index is 637. The summed E-state index contributed by atoms with van der Waals surface area (Å²) < 4.78 is 36.6. The van der Waals surface area contributed by atoms with Crippen LogP contribution < -0.4 is 10.4 Å². The molecule has 0 saturated heterocycles. The minimum Gasteiger partial charge on any atom is -0.748 e. The fourth-order valence-electron chi connectivity index (χ4n) is 1.20. The fraction of sp³-hybridized carbons (Fsp3) is 0.250. The number of hydrogen-bond acceptors (Lipinski definition) is 8. The van der Waals surface area contributed by atoms with Gasteiger partial charge in [-0.1, -0.05) is 4.68 Å². The molecule has 96 valence electrons. The quantitative estimate of drug-likeness (QED) is 0.565. The summed E-state index contributed by atoms with van der Waals surface area (Å²) in [6.07, 6.45) is 3.08. The SMILES string of the molecule is Nc1nsc(-c2cc[n+](CCS(=O)(=O)[O-])nc2)n1. The first-order chi connectivity index (χ1) is 8.44. The molecular weight excluding hydrogens is 278 g/mol. The molecule has 0 unspecified atom stereocenters. The molecule has 2 aromatic heterocycles. The summed E-state index contributed by atoms with van der Waals surface area (Å²) >= 11 is 1.14. The van der Waals surface area contributed by atoms with Crippen LogP contribution >= 0.6 is 11.5 Å². The minimum atomic E-state index is -4.23. The van der Waals surface area contributed by atoms with E-state index in [9.17, 15) is 13.0 Å². The molecule has 2 heterocycles. The molecule has 0 fully saturated rings. The molecule has 0 bridgehead atoms. The second-order valence-electron chi connectivity index (χ2n) is 3.40. The smallest absolute Gasteiger partial charge is 0.232 e. The number of rotatable bonds is 4. The van der Waals surface area contributed by atoms with Crippen molar-refractivity contribution in [1.29, 1.82) is 0 Å². The maximum Gasteiger partial charge on any atom is 0.232 e. The van der Waals surface area contributed by atoms with Crippen molar-refractivity contribution in [1.82, 2.24) is 14.5 Å². The van der Waals surface area contributed by atoms with Gasteiger partial charge < -0.3 is 10.3 Å². The Labute approximate surface area is 107 Å². The van der Waals surface area contributed by atoms with Crippen LogP contribution in [0.2, 0.25) is 0 Å². The fourth-order valence-corrected chi connectivity index (χ4v) is 2.19. The molecule has 0 aliphatic rings. The Morgan fingerprint density at radius 2 is 2.28 bits per heavy atom. The molecule has 0 aliphatic heterocycles. The zero-order chi connectivity index (χ0) is 13.2. The first-order valence-corrected chi connectivity index (χ1v) is 7.18. The van der Waals surface area contributed by atoms with Crippen molar-refractivity contribution < 1.29 is 17.7 Å². The molecule has 0 atom stereocenters. The van der Waals surface area contributed by atoms with E-state index in [2.05, 4.69) is 14.5 Å². The van der Waals surface area contributed by atoms with Crippen LogP contribution in [0.15, 0.2) is 18.5 Å². The third-order valence-electron chi connectivity index (χ3n) is 2.03. The summed E-state index contributed by atoms with van der Waals surface area (Å²) in [5.74, 6) is -0.292. The largest absolute Gasteiger partial charge is 0.748 e. The van der Waals surface area contributed by atoms with Gasteiger partial charge in [-0.2, -0.15) is 9.36 Å². The van der Waals surface area contributed by atoms with Gasteiger partial charge in [0.1, 0.15) is 21.3 Å². The van der Waals surface area contributed by atoms with Gasteiger partial charge in [0.25, 0.3) is 0 Å². The molecule has 0 amide bonds. The molecule has 8 nitrogen and oxygen atoms in total. The number of nitrogens with zero attached hydrogens (tertiary/aromatic N) is 4. The van der Waals surface area contributed by atoms with Gasteiger partial charge in [0.15, 0.2) is 12.7 Å². The number of nitrogen functional groups attached to an aromatic ring is 1. The Morgan fingerprint density at radius 1 is 1.50 bits per heavy atom. The highest BCUT2D eigenvalue weighted by molar-refractivity contribution is 7.85. The highest BCUT2D eigenvalue weighted by atomic mass is 32.2. The first-order valence-electron chi connectivity index (χ1n) is 4.83. The van der Waals surface area contributed by atoms with Gasteiger partial charge in [0, 0.05) is 11.6 Å². The number of nitrogens with two attached hydrogens (primary N) is 1. The molecule has 0 aliphatic carbocycles. The summed E-state index contributed by atoms with van der Waals surface area (Å²) in [5, 5.41) is 4.61. The molecular formula is C8H9N5O3S2. The van der Waals surface area contributed by atoms with Crippen molar-refractivity contribution in [2.24, 2.45) is 0 Å². The monoisotopic (exact) mass is 287 g/mol. The summed E-state index contributed by atoms with van der Waals surface area (Å²) in [6.45, 7) is 0.0182. The summed E-state index contributed by atoms with van der Waals surface area (Å²) in [4.78, 5) is 3.99. The lowest BCUT2D eigenvalue weighted by Crippen LogP contribution is -2.40. The number of aryl methyl sites for hydroxylation is 1. The average molecular weight is 287 g/mol. The van der Waals surface area contributed by atoms with E-state index in [1.165, 1.54) is 10.9 Å². The van der Waals surface area contributed by atoms with Gasteiger partial charge in [-0.3, -0.25) is 0 Å². The lowest BCUT2D eigenvalue weighted by atomic mass is 10.3. The number of aromatic nitrogens is 4. The van der Waals surface area contributed by atoms with Crippen LogP contribution in [0, 0.1) is 0 Å². The predicted molar refractivity (Wildman–Crippen MR) is 62.3 cm³/mol. The Balaban J connectivity index is 2.10. The molecule has 0 spiro atoms. The van der Waals surface area contributed by atoms with Crippen LogP contribution in [0.4, 0.5) is 5.95 Å². The van der Waals surface area contributed by atoms with Crippen molar-refractivity contribution in [2.45, 2.75) is 6.54 Å². The summed E-state index contributed by atoms with van der Waals surface area (Å²) in [7, 11) is -4.23. The molecule has 18 heavy (non-hydrogen) atoms. The minimum absolute atomic E-state index is 0.0182. The van der Waals surface area contributed by atoms with Gasteiger partial charge in [-0.05, 0) is 16.6 Å². The molecule has 0 radical (unpaired) electrons. The molecule has 2 N–H and O–H groups in total. The topological polar surface area (TPSA) is 126 Å². The van der Waals surface area contributed by atoms with Crippen molar-refractivity contribution >= 4 is 27.6 Å². The van der Waals surface area contributed by atoms with E-state index < -0.39 is 15.9 Å². The van der Waals surface area contributed by atoms with Gasteiger partial charge in [0.2, 0.25) is 5.95 Å². The van der Waals surface area contributed by atoms with Crippen molar-refractivity contribution in [2.75, 3.05) is 11.5 Å². The van der Waals surface area contributed by atoms with Crippen LogP contribution in [-0.4, -0.2) is 33.2 Å². The van der Waals surface area contributed by atoms with Crippen LogP contribution in [0.25, 0.3) is 10.6 Å². The van der Waals surface area contributed by atoms with E-state index >= 15 is 0 Å². The van der Waals surface area contributed by atoms with Gasteiger partial charge in [-0.25, -0.2) is 8.42 Å². The van der Waals surface area contributed by atoms with Gasteiger partial charge >= 0.3 is 0 Å². The Morgan fingerprint density at radius 3 is 2.78 bits per heavy atom. The van der Waals surface area contributed by atoms with E-state index in [-0.39, 0.29) is 12.5 Å². The normalized spacial score (nSPS) is 11.6. The third-order valence-corrected chi connectivity index (χ3v) is 3.49. The Hall–Kier alpha value is -1.65. The van der Waals surface area contributed by atoms with Crippen molar-refractivity contribution in [3.05, 3.63) is 18.5 Å². The zero-order valence-electron chi connectivity index (χ0n) is 9.05.